The third-order valence-corrected chi connectivity index (χ3v) is 4.88. The lowest BCUT2D eigenvalue weighted by molar-refractivity contribution is -0.384. The molecule has 3 rings (SSSR count). The summed E-state index contributed by atoms with van der Waals surface area (Å²) in [6, 6.07) is 11.6. The van der Waals surface area contributed by atoms with Gasteiger partial charge in [-0.15, -0.1) is 0 Å². The number of carbonyl (C=O) groups is 4. The van der Waals surface area contributed by atoms with Crippen molar-refractivity contribution in [3.63, 3.8) is 0 Å². The van der Waals surface area contributed by atoms with E-state index >= 15 is 4.39 Å². The molecule has 0 saturated carbocycles. The summed E-state index contributed by atoms with van der Waals surface area (Å²) in [6.45, 7) is 1.13. The number of hydrogen-bond donors (Lipinski definition) is 0. The van der Waals surface area contributed by atoms with Crippen molar-refractivity contribution in [2.45, 2.75) is 19.0 Å². The van der Waals surface area contributed by atoms with Crippen LogP contribution in [0.4, 0.5) is 15.8 Å². The van der Waals surface area contributed by atoms with Crippen molar-refractivity contribution in [1.82, 2.24) is 0 Å². The molecule has 160 valence electrons. The zero-order valence-electron chi connectivity index (χ0n) is 16.3. The summed E-state index contributed by atoms with van der Waals surface area (Å²) in [4.78, 5) is 61.8. The maximum absolute atomic E-state index is 16.2. The van der Waals surface area contributed by atoms with Crippen LogP contribution in [0.3, 0.4) is 0 Å². The molecule has 31 heavy (non-hydrogen) atoms. The number of nitro groups is 1. The van der Waals surface area contributed by atoms with Gasteiger partial charge in [-0.25, -0.2) is 9.18 Å². The minimum Gasteiger partial charge on any atom is -0.463 e. The Hall–Kier alpha value is -3.95. The summed E-state index contributed by atoms with van der Waals surface area (Å²) >= 11 is 0. The number of imide groups is 1. The molecule has 2 aromatic rings. The predicted octanol–water partition coefficient (Wildman–Crippen LogP) is 2.63. The van der Waals surface area contributed by atoms with Gasteiger partial charge in [-0.2, -0.15) is 0 Å². The van der Waals surface area contributed by atoms with Crippen molar-refractivity contribution < 1.29 is 33.2 Å². The molecule has 0 bridgehead atoms. The average molecular weight is 428 g/mol. The molecule has 0 spiro atoms. The number of amides is 2. The van der Waals surface area contributed by atoms with E-state index in [1.54, 1.807) is 18.2 Å². The van der Waals surface area contributed by atoms with Crippen molar-refractivity contribution in [2.24, 2.45) is 5.92 Å². The first-order chi connectivity index (χ1) is 14.7. The van der Waals surface area contributed by atoms with Crippen LogP contribution in [-0.4, -0.2) is 40.8 Å². The van der Waals surface area contributed by atoms with E-state index in [0.717, 1.165) is 29.2 Å². The average Bonchev–Trinajstić information content (AvgIpc) is 3.07. The number of benzene rings is 2. The van der Waals surface area contributed by atoms with Gasteiger partial charge in [0.25, 0.3) is 11.4 Å². The van der Waals surface area contributed by atoms with E-state index in [-0.39, 0.29) is 23.5 Å². The number of para-hydroxylation sites is 1. The van der Waals surface area contributed by atoms with E-state index in [9.17, 15) is 29.3 Å². The Morgan fingerprint density at radius 1 is 1.16 bits per heavy atom. The van der Waals surface area contributed by atoms with Gasteiger partial charge >= 0.3 is 5.97 Å². The number of anilines is 1. The summed E-state index contributed by atoms with van der Waals surface area (Å²) in [6.07, 6.45) is -0.720. The summed E-state index contributed by atoms with van der Waals surface area (Å²) < 4.78 is 20.9. The van der Waals surface area contributed by atoms with Gasteiger partial charge in [-0.05, 0) is 31.2 Å². The van der Waals surface area contributed by atoms with Crippen LogP contribution in [0.1, 0.15) is 23.7 Å². The Kier molecular flexibility index (Phi) is 5.91. The molecule has 1 fully saturated rings. The molecule has 2 amide bonds. The van der Waals surface area contributed by atoms with Gasteiger partial charge in [0.1, 0.15) is 5.92 Å². The highest BCUT2D eigenvalue weighted by molar-refractivity contribution is 6.27. The second kappa shape index (κ2) is 8.42. The quantitative estimate of drug-likeness (QED) is 0.166. The third-order valence-electron chi connectivity index (χ3n) is 4.88. The minimum absolute atomic E-state index is 0.175. The van der Waals surface area contributed by atoms with E-state index in [1.807, 2.05) is 0 Å². The molecule has 2 aromatic carbocycles. The molecule has 1 aliphatic rings. The lowest BCUT2D eigenvalue weighted by atomic mass is 9.81. The Morgan fingerprint density at radius 3 is 2.32 bits per heavy atom. The summed E-state index contributed by atoms with van der Waals surface area (Å²) in [5.74, 6) is -6.78. The molecule has 0 N–H and O–H groups in total. The number of hydrogen-bond acceptors (Lipinski definition) is 7. The number of rotatable bonds is 7. The lowest BCUT2D eigenvalue weighted by Crippen LogP contribution is -2.52. The SMILES string of the molecule is CCOC(=O)[C@](F)(C(=O)c1ccc([N+](=O)[O-])cc1)[C@@H]1CC(=O)N(c2ccccc2)C1=O. The Morgan fingerprint density at radius 2 is 1.77 bits per heavy atom. The van der Waals surface area contributed by atoms with Crippen LogP contribution in [0.2, 0.25) is 0 Å². The smallest absolute Gasteiger partial charge is 0.353 e. The van der Waals surface area contributed by atoms with Crippen molar-refractivity contribution in [3.8, 4) is 0 Å². The molecule has 0 unspecified atom stereocenters. The highest BCUT2D eigenvalue weighted by atomic mass is 19.1. The normalized spacial score (nSPS) is 17.9. The van der Waals surface area contributed by atoms with Crippen LogP contribution in [0, 0.1) is 16.0 Å². The number of carbonyl (C=O) groups excluding carboxylic acids is 4. The van der Waals surface area contributed by atoms with Gasteiger partial charge in [0.15, 0.2) is 0 Å². The maximum atomic E-state index is 16.2. The number of nitrogens with zero attached hydrogens (tertiary/aromatic N) is 2. The third kappa shape index (κ3) is 3.79. The van der Waals surface area contributed by atoms with Gasteiger partial charge < -0.3 is 4.74 Å². The number of alkyl halides is 1. The first-order valence-corrected chi connectivity index (χ1v) is 9.29. The van der Waals surface area contributed by atoms with E-state index in [2.05, 4.69) is 0 Å². The fourth-order valence-corrected chi connectivity index (χ4v) is 3.36. The van der Waals surface area contributed by atoms with Gasteiger partial charge in [0.05, 0.1) is 17.2 Å². The zero-order chi connectivity index (χ0) is 22.8. The first-order valence-electron chi connectivity index (χ1n) is 9.29. The topological polar surface area (TPSA) is 124 Å². The molecule has 0 radical (unpaired) electrons. The number of Topliss-reactive ketones (excluding diaryl/α,β-unsaturated/α-hetero) is 1. The van der Waals surface area contributed by atoms with E-state index < -0.39 is 46.5 Å². The first kappa shape index (κ1) is 21.8. The lowest BCUT2D eigenvalue weighted by Gasteiger charge is -2.26. The Labute approximate surface area is 175 Å². The van der Waals surface area contributed by atoms with Crippen LogP contribution in [-0.2, 0) is 19.1 Å². The molecular formula is C21H17FN2O7. The van der Waals surface area contributed by atoms with E-state index in [4.69, 9.17) is 4.74 Å². The number of ether oxygens (including phenoxy) is 1. The number of esters is 1. The molecule has 0 aliphatic carbocycles. The second-order valence-electron chi connectivity index (χ2n) is 6.72. The highest BCUT2D eigenvalue weighted by Crippen LogP contribution is 2.38. The van der Waals surface area contributed by atoms with Crippen molar-refractivity contribution in [1.29, 1.82) is 0 Å². The van der Waals surface area contributed by atoms with Crippen LogP contribution < -0.4 is 4.90 Å². The Bertz CT molecular complexity index is 1060. The maximum Gasteiger partial charge on any atom is 0.353 e. The van der Waals surface area contributed by atoms with Crippen LogP contribution in [0.15, 0.2) is 54.6 Å². The largest absolute Gasteiger partial charge is 0.463 e. The summed E-state index contributed by atoms with van der Waals surface area (Å²) in [5, 5.41) is 10.8. The molecule has 9 nitrogen and oxygen atoms in total. The summed E-state index contributed by atoms with van der Waals surface area (Å²) in [7, 11) is 0. The van der Waals surface area contributed by atoms with Crippen LogP contribution >= 0.6 is 0 Å². The zero-order valence-corrected chi connectivity index (χ0v) is 16.3. The van der Waals surface area contributed by atoms with Crippen molar-refractivity contribution in [2.75, 3.05) is 11.5 Å². The second-order valence-corrected chi connectivity index (χ2v) is 6.72. The molecule has 10 heteroatoms. The number of ketones is 1. The molecule has 0 aromatic heterocycles. The van der Waals surface area contributed by atoms with Crippen molar-refractivity contribution >= 4 is 34.9 Å². The van der Waals surface area contributed by atoms with Gasteiger partial charge in [-0.1, -0.05) is 18.2 Å². The fourth-order valence-electron chi connectivity index (χ4n) is 3.36. The highest BCUT2D eigenvalue weighted by Gasteiger charge is 2.62. The van der Waals surface area contributed by atoms with E-state index in [0.29, 0.717) is 0 Å². The predicted molar refractivity (Wildman–Crippen MR) is 105 cm³/mol. The number of halogens is 1. The monoisotopic (exact) mass is 428 g/mol. The standard InChI is InChI=1S/C21H17FN2O7/c1-2-31-20(28)21(22,18(26)13-8-10-15(11-9-13)24(29)30)16-12-17(25)23(19(16)27)14-6-4-3-5-7-14/h3-11,16H,2,12H2,1H3/t16-,21-/m1/s1. The van der Waals surface area contributed by atoms with Crippen molar-refractivity contribution in [3.05, 3.63) is 70.3 Å². The van der Waals surface area contributed by atoms with E-state index in [1.165, 1.54) is 19.1 Å². The molecule has 1 aliphatic heterocycles. The number of nitro benzene ring substituents is 1. The minimum atomic E-state index is -3.48. The Balaban J connectivity index is 2.03. The van der Waals surface area contributed by atoms with Gasteiger partial charge in [0.2, 0.25) is 17.6 Å². The molecule has 2 atom stereocenters. The molecular weight excluding hydrogens is 411 g/mol. The van der Waals surface area contributed by atoms with Crippen LogP contribution in [0.25, 0.3) is 0 Å². The fraction of sp³-hybridized carbons (Fsp3) is 0.238. The number of non-ortho nitro benzene ring substituents is 1. The van der Waals surface area contributed by atoms with Gasteiger partial charge in [-0.3, -0.25) is 29.4 Å². The summed E-state index contributed by atoms with van der Waals surface area (Å²) in [5.41, 5.74) is -4.03. The van der Waals surface area contributed by atoms with Crippen LogP contribution in [0.5, 0.6) is 0 Å². The molecule has 1 saturated heterocycles. The molecule has 1 heterocycles. The van der Waals surface area contributed by atoms with Gasteiger partial charge in [0, 0.05) is 24.1 Å².